The van der Waals surface area contributed by atoms with Gasteiger partial charge < -0.3 is 15.5 Å². The molecule has 4 heterocycles. The zero-order valence-electron chi connectivity index (χ0n) is 19.9. The van der Waals surface area contributed by atoms with Crippen LogP contribution >= 0.6 is 0 Å². The molecule has 1 spiro atoms. The third-order valence-electron chi connectivity index (χ3n) is 7.21. The largest absolute Gasteiger partial charge is 0.388 e. The molecular formula is C23H32N6O4S. The molecule has 2 aromatic heterocycles. The summed E-state index contributed by atoms with van der Waals surface area (Å²) in [6.07, 6.45) is 5.55. The van der Waals surface area contributed by atoms with Crippen molar-refractivity contribution >= 4 is 38.2 Å². The lowest BCUT2D eigenvalue weighted by Crippen LogP contribution is -2.55. The van der Waals surface area contributed by atoms with Crippen LogP contribution in [-0.4, -0.2) is 64.0 Å². The van der Waals surface area contributed by atoms with Crippen LogP contribution < -0.4 is 10.6 Å². The molecule has 0 aromatic carbocycles. The lowest BCUT2D eigenvalue weighted by Gasteiger charge is -2.42. The average molecular weight is 489 g/mol. The van der Waals surface area contributed by atoms with Gasteiger partial charge in [-0.3, -0.25) is 4.79 Å². The second kappa shape index (κ2) is 8.51. The van der Waals surface area contributed by atoms with E-state index >= 15 is 0 Å². The lowest BCUT2D eigenvalue weighted by atomic mass is 9.72. The summed E-state index contributed by atoms with van der Waals surface area (Å²) in [4.78, 5) is 22.4. The van der Waals surface area contributed by atoms with Crippen LogP contribution in [0.3, 0.4) is 0 Å². The quantitative estimate of drug-likeness (QED) is 0.639. The van der Waals surface area contributed by atoms with Crippen molar-refractivity contribution in [2.75, 3.05) is 16.8 Å². The highest BCUT2D eigenvalue weighted by Crippen LogP contribution is 2.45. The van der Waals surface area contributed by atoms with Gasteiger partial charge in [-0.15, -0.1) is 0 Å². The summed E-state index contributed by atoms with van der Waals surface area (Å²) in [5.74, 6) is 0.442. The van der Waals surface area contributed by atoms with E-state index in [9.17, 15) is 13.2 Å². The third-order valence-corrected chi connectivity index (χ3v) is 8.93. The van der Waals surface area contributed by atoms with Gasteiger partial charge in [-0.25, -0.2) is 18.1 Å². The number of rotatable bonds is 6. The maximum absolute atomic E-state index is 11.9. The zero-order chi connectivity index (χ0) is 24.1. The van der Waals surface area contributed by atoms with Gasteiger partial charge in [0.1, 0.15) is 15.4 Å². The van der Waals surface area contributed by atoms with Gasteiger partial charge >= 0.3 is 0 Å². The van der Waals surface area contributed by atoms with Gasteiger partial charge in [-0.1, -0.05) is 12.1 Å². The number of anilines is 1. The number of carbonyl (C=O) groups is 1. The Bertz CT molecular complexity index is 1250. The fraction of sp³-hybridized carbons (Fsp3) is 0.652. The summed E-state index contributed by atoms with van der Waals surface area (Å²) in [7, 11) is -2.95. The first-order chi connectivity index (χ1) is 16.2. The minimum atomic E-state index is -2.95. The molecule has 0 bridgehead atoms. The smallest absolute Gasteiger partial charge is 0.219 e. The monoisotopic (exact) mass is 488 g/mol. The Labute approximate surface area is 199 Å². The number of nitrogens with zero attached hydrogens (tertiary/aromatic N) is 4. The molecule has 184 valence electrons. The average Bonchev–Trinajstić information content (AvgIpc) is 3.37. The summed E-state index contributed by atoms with van der Waals surface area (Å²) in [6.45, 7) is 6.55. The molecule has 2 N–H and O–H groups in total. The highest BCUT2D eigenvalue weighted by molar-refractivity contribution is 7.91. The number of aromatic nitrogens is 3. The third kappa shape index (κ3) is 4.14. The zero-order valence-corrected chi connectivity index (χ0v) is 20.7. The summed E-state index contributed by atoms with van der Waals surface area (Å²) < 4.78 is 25.8. The van der Waals surface area contributed by atoms with Gasteiger partial charge in [-0.2, -0.15) is 5.10 Å². The molecule has 10 nitrogen and oxygen atoms in total. The molecule has 11 heteroatoms. The van der Waals surface area contributed by atoms with E-state index < -0.39 is 9.84 Å². The first-order valence-corrected chi connectivity index (χ1v) is 13.9. The molecule has 5 rings (SSSR count). The number of nitrogens with one attached hydrogen (secondary N) is 2. The summed E-state index contributed by atoms with van der Waals surface area (Å²) in [6, 6.07) is 0.167. The van der Waals surface area contributed by atoms with Gasteiger partial charge in [0.25, 0.3) is 0 Å². The highest BCUT2D eigenvalue weighted by Gasteiger charge is 2.51. The summed E-state index contributed by atoms with van der Waals surface area (Å²) in [5.41, 5.74) is 3.89. The van der Waals surface area contributed by atoms with Crippen LogP contribution in [0.2, 0.25) is 0 Å². The van der Waals surface area contributed by atoms with Crippen LogP contribution in [0.4, 0.5) is 5.69 Å². The minimum absolute atomic E-state index is 0.0477. The van der Waals surface area contributed by atoms with Crippen molar-refractivity contribution in [2.24, 2.45) is 5.16 Å². The van der Waals surface area contributed by atoms with E-state index in [4.69, 9.17) is 9.82 Å². The van der Waals surface area contributed by atoms with Crippen molar-refractivity contribution in [3.63, 3.8) is 0 Å². The Morgan fingerprint density at radius 1 is 1.24 bits per heavy atom. The molecule has 0 atom stereocenters. The van der Waals surface area contributed by atoms with Crippen LogP contribution in [-0.2, 0) is 26.0 Å². The lowest BCUT2D eigenvalue weighted by molar-refractivity contribution is -0.128. The predicted molar refractivity (Wildman–Crippen MR) is 130 cm³/mol. The number of fused-ring (bicyclic) bond motifs is 1. The van der Waals surface area contributed by atoms with Crippen molar-refractivity contribution in [3.05, 3.63) is 17.5 Å². The molecule has 1 aliphatic carbocycles. The van der Waals surface area contributed by atoms with Crippen LogP contribution in [0.5, 0.6) is 0 Å². The van der Waals surface area contributed by atoms with Crippen LogP contribution in [0.15, 0.2) is 11.4 Å². The Balaban J connectivity index is 1.43. The summed E-state index contributed by atoms with van der Waals surface area (Å²) >= 11 is 0. The van der Waals surface area contributed by atoms with E-state index in [1.165, 1.54) is 0 Å². The number of aryl methyl sites for hydroxylation is 2. The number of pyridine rings is 1. The maximum atomic E-state index is 11.9. The molecule has 1 saturated carbocycles. The Hall–Kier alpha value is -2.69. The molecule has 0 radical (unpaired) electrons. The Morgan fingerprint density at radius 3 is 2.65 bits per heavy atom. The van der Waals surface area contributed by atoms with Crippen LogP contribution in [0, 0.1) is 6.92 Å². The van der Waals surface area contributed by atoms with Crippen molar-refractivity contribution < 1.29 is 18.0 Å². The normalized spacial score (nSPS) is 23.4. The van der Waals surface area contributed by atoms with E-state index in [1.807, 2.05) is 31.6 Å². The van der Waals surface area contributed by atoms with Gasteiger partial charge in [0.15, 0.2) is 5.65 Å². The van der Waals surface area contributed by atoms with E-state index in [0.717, 1.165) is 46.5 Å². The van der Waals surface area contributed by atoms with Crippen molar-refractivity contribution in [1.29, 1.82) is 0 Å². The molecule has 1 amide bonds. The van der Waals surface area contributed by atoms with Gasteiger partial charge in [0, 0.05) is 56.1 Å². The number of hydrogen-bond acceptors (Lipinski definition) is 8. The predicted octanol–water partition coefficient (Wildman–Crippen LogP) is 2.30. The summed E-state index contributed by atoms with van der Waals surface area (Å²) in [5, 5.41) is 16.7. The minimum Gasteiger partial charge on any atom is -0.388 e. The van der Waals surface area contributed by atoms with E-state index in [2.05, 4.69) is 20.9 Å². The van der Waals surface area contributed by atoms with Gasteiger partial charge in [0.05, 0.1) is 34.0 Å². The number of sulfone groups is 1. The van der Waals surface area contributed by atoms with Crippen molar-refractivity contribution in [1.82, 2.24) is 20.1 Å². The topological polar surface area (TPSA) is 128 Å². The second-order valence-corrected chi connectivity index (χ2v) is 12.0. The number of carbonyl (C=O) groups excluding carboxylic acids is 1. The first kappa shape index (κ1) is 23.1. The standard InChI is InChI=1S/C23H32N6O4S/c1-4-19(30)25-16-10-23(11-16)12-18(28-33-23)17-13-24-22-20(14(3)27-29(22)5-2)21(17)26-15-6-8-34(31,32)9-7-15/h13,15-16H,4-12H2,1-3H3,(H,24,26)(H,25,30). The molecule has 2 aliphatic heterocycles. The Kier molecular flexibility index (Phi) is 5.78. The van der Waals surface area contributed by atoms with Gasteiger partial charge in [0.2, 0.25) is 5.91 Å². The molecule has 2 aromatic rings. The fourth-order valence-corrected chi connectivity index (χ4v) is 6.79. The van der Waals surface area contributed by atoms with Crippen molar-refractivity contribution in [2.45, 2.75) is 83.5 Å². The Morgan fingerprint density at radius 2 is 1.97 bits per heavy atom. The van der Waals surface area contributed by atoms with Crippen LogP contribution in [0.25, 0.3) is 11.0 Å². The van der Waals surface area contributed by atoms with Crippen LogP contribution in [0.1, 0.15) is 63.6 Å². The highest BCUT2D eigenvalue weighted by atomic mass is 32.2. The number of oxime groups is 1. The molecular weight excluding hydrogens is 456 g/mol. The maximum Gasteiger partial charge on any atom is 0.219 e. The molecule has 2 fully saturated rings. The molecule has 1 saturated heterocycles. The SMILES string of the molecule is CCC(=O)NC1CC2(CC(c3cnc4c(c(C)nn4CC)c3NC3CCS(=O)(=O)CC3)=NO2)C1. The fourth-order valence-electron chi connectivity index (χ4n) is 5.30. The van der Waals surface area contributed by atoms with E-state index in [0.29, 0.717) is 32.2 Å². The first-order valence-electron chi connectivity index (χ1n) is 12.1. The second-order valence-electron chi connectivity index (χ2n) is 9.73. The van der Waals surface area contributed by atoms with E-state index in [-0.39, 0.29) is 35.1 Å². The molecule has 3 aliphatic rings. The molecule has 34 heavy (non-hydrogen) atoms. The molecule has 0 unspecified atom stereocenters. The van der Waals surface area contributed by atoms with E-state index in [1.54, 1.807) is 0 Å². The number of hydrogen-bond donors (Lipinski definition) is 2. The van der Waals surface area contributed by atoms with Crippen molar-refractivity contribution in [3.8, 4) is 0 Å². The number of amides is 1. The van der Waals surface area contributed by atoms with Gasteiger partial charge in [-0.05, 0) is 26.7 Å².